The van der Waals surface area contributed by atoms with Gasteiger partial charge in [0.25, 0.3) is 0 Å². The van der Waals surface area contributed by atoms with Crippen LogP contribution in [-0.2, 0) is 32.7 Å². The Labute approximate surface area is 282 Å². The van der Waals surface area contributed by atoms with Crippen LogP contribution in [-0.4, -0.2) is 49.3 Å². The standard InChI is InChI=1S/C36H72NO8P/c1-3-5-7-9-11-13-15-17-18-20-22-24-28-35(38)42-32-34(33-44-46(40,41)43-31-27-26-30-37)45-36(39)29-25-23-21-19-16-14-12-10-8-6-4-2/h34H,3-33,37H2,1-2H3,(H,40,41)/t34-/m0/s1. The Kier molecular flexibility index (Phi) is 33.2. The van der Waals surface area contributed by atoms with E-state index in [0.717, 1.165) is 32.1 Å². The Morgan fingerprint density at radius 2 is 0.978 bits per heavy atom. The molecule has 0 aromatic rings. The predicted octanol–water partition coefficient (Wildman–Crippen LogP) is 10.1. The number of phosphoric ester groups is 1. The number of hydrogen-bond acceptors (Lipinski definition) is 8. The van der Waals surface area contributed by atoms with Crippen LogP contribution in [0.5, 0.6) is 0 Å². The van der Waals surface area contributed by atoms with Gasteiger partial charge in [0.05, 0.1) is 13.2 Å². The molecule has 0 saturated carbocycles. The van der Waals surface area contributed by atoms with E-state index in [2.05, 4.69) is 13.8 Å². The summed E-state index contributed by atoms with van der Waals surface area (Å²) in [6.07, 6.45) is 28.3. The molecule has 0 bridgehead atoms. The number of esters is 2. The first kappa shape index (κ1) is 45.0. The number of carbonyl (C=O) groups is 2. The lowest BCUT2D eigenvalue weighted by atomic mass is 10.0. The molecule has 0 saturated heterocycles. The van der Waals surface area contributed by atoms with Crippen molar-refractivity contribution in [1.29, 1.82) is 0 Å². The second kappa shape index (κ2) is 33.9. The highest BCUT2D eigenvalue weighted by atomic mass is 31.2. The van der Waals surface area contributed by atoms with Gasteiger partial charge in [0.1, 0.15) is 6.61 Å². The molecule has 0 amide bonds. The molecule has 0 aliphatic rings. The van der Waals surface area contributed by atoms with E-state index in [1.807, 2.05) is 0 Å². The molecule has 1 unspecified atom stereocenters. The first-order valence-corrected chi connectivity index (χ1v) is 20.5. The van der Waals surface area contributed by atoms with Crippen LogP contribution in [0.25, 0.3) is 0 Å². The summed E-state index contributed by atoms with van der Waals surface area (Å²) >= 11 is 0. The lowest BCUT2D eigenvalue weighted by Crippen LogP contribution is -2.29. The highest BCUT2D eigenvalue weighted by molar-refractivity contribution is 7.47. The van der Waals surface area contributed by atoms with Crippen LogP contribution in [0.1, 0.15) is 187 Å². The summed E-state index contributed by atoms with van der Waals surface area (Å²) < 4.78 is 33.2. The molecule has 0 heterocycles. The summed E-state index contributed by atoms with van der Waals surface area (Å²) in [6.45, 7) is 4.33. The van der Waals surface area contributed by atoms with Gasteiger partial charge in [0, 0.05) is 12.8 Å². The summed E-state index contributed by atoms with van der Waals surface area (Å²) in [6, 6.07) is 0. The smallest absolute Gasteiger partial charge is 0.462 e. The lowest BCUT2D eigenvalue weighted by molar-refractivity contribution is -0.161. The number of ether oxygens (including phenoxy) is 2. The van der Waals surface area contributed by atoms with Crippen molar-refractivity contribution < 1.29 is 37.6 Å². The van der Waals surface area contributed by atoms with Crippen LogP contribution in [0.4, 0.5) is 0 Å². The van der Waals surface area contributed by atoms with Gasteiger partial charge in [-0.3, -0.25) is 18.6 Å². The van der Waals surface area contributed by atoms with Gasteiger partial charge in [-0.2, -0.15) is 0 Å². The van der Waals surface area contributed by atoms with Gasteiger partial charge in [-0.25, -0.2) is 4.57 Å². The van der Waals surface area contributed by atoms with Crippen molar-refractivity contribution in [1.82, 2.24) is 0 Å². The van der Waals surface area contributed by atoms with Crippen LogP contribution < -0.4 is 5.73 Å². The largest absolute Gasteiger partial charge is 0.472 e. The first-order chi connectivity index (χ1) is 22.3. The van der Waals surface area contributed by atoms with Gasteiger partial charge < -0.3 is 20.1 Å². The number of phosphoric acid groups is 1. The maximum atomic E-state index is 12.5. The monoisotopic (exact) mass is 677 g/mol. The molecule has 0 aromatic carbocycles. The van der Waals surface area contributed by atoms with Crippen LogP contribution in [0.2, 0.25) is 0 Å². The van der Waals surface area contributed by atoms with Crippen LogP contribution in [0, 0.1) is 0 Å². The first-order valence-electron chi connectivity index (χ1n) is 19.0. The molecule has 2 atom stereocenters. The molecule has 46 heavy (non-hydrogen) atoms. The Morgan fingerprint density at radius 1 is 0.565 bits per heavy atom. The number of nitrogens with two attached hydrogens (primary N) is 1. The molecule has 274 valence electrons. The fraction of sp³-hybridized carbons (Fsp3) is 0.944. The molecule has 0 rings (SSSR count). The maximum Gasteiger partial charge on any atom is 0.472 e. The number of rotatable bonds is 36. The average Bonchev–Trinajstić information content (AvgIpc) is 3.03. The van der Waals surface area contributed by atoms with E-state index in [0.29, 0.717) is 32.2 Å². The Hall–Kier alpha value is -0.990. The quantitative estimate of drug-likeness (QED) is 0.0377. The van der Waals surface area contributed by atoms with E-state index < -0.39 is 26.5 Å². The van der Waals surface area contributed by atoms with Crippen molar-refractivity contribution in [2.45, 2.75) is 193 Å². The highest BCUT2D eigenvalue weighted by Crippen LogP contribution is 2.43. The molecule has 0 fully saturated rings. The molecular formula is C36H72NO8P. The van der Waals surface area contributed by atoms with Crippen molar-refractivity contribution >= 4 is 19.8 Å². The van der Waals surface area contributed by atoms with Crippen molar-refractivity contribution in [3.63, 3.8) is 0 Å². The van der Waals surface area contributed by atoms with E-state index in [1.54, 1.807) is 0 Å². The molecule has 0 aliphatic carbocycles. The maximum absolute atomic E-state index is 12.5. The molecule has 0 radical (unpaired) electrons. The Bertz CT molecular complexity index is 739. The topological polar surface area (TPSA) is 134 Å². The molecule has 9 nitrogen and oxygen atoms in total. The SMILES string of the molecule is CCCCCCCCCCCCCCC(=O)OC[C@@H](COP(=O)(O)OCCCCN)OC(=O)CCCCCCCCCCCCC. The molecule has 10 heteroatoms. The van der Waals surface area contributed by atoms with Gasteiger partial charge in [-0.05, 0) is 32.2 Å². The van der Waals surface area contributed by atoms with E-state index in [1.165, 1.54) is 109 Å². The Balaban J connectivity index is 4.33. The summed E-state index contributed by atoms with van der Waals surface area (Å²) in [7, 11) is -4.34. The lowest BCUT2D eigenvalue weighted by Gasteiger charge is -2.20. The van der Waals surface area contributed by atoms with E-state index in [4.69, 9.17) is 24.3 Å². The van der Waals surface area contributed by atoms with E-state index in [9.17, 15) is 19.0 Å². The Morgan fingerprint density at radius 3 is 1.41 bits per heavy atom. The van der Waals surface area contributed by atoms with Crippen LogP contribution >= 0.6 is 7.82 Å². The second-order valence-electron chi connectivity index (χ2n) is 12.8. The van der Waals surface area contributed by atoms with Crippen molar-refractivity contribution in [2.75, 3.05) is 26.4 Å². The van der Waals surface area contributed by atoms with Gasteiger partial charge in [-0.1, -0.05) is 149 Å². The minimum Gasteiger partial charge on any atom is -0.462 e. The zero-order valence-electron chi connectivity index (χ0n) is 29.8. The number of unbranched alkanes of at least 4 members (excludes halogenated alkanes) is 22. The zero-order chi connectivity index (χ0) is 34.0. The number of hydrogen-bond donors (Lipinski definition) is 2. The molecule has 0 aliphatic heterocycles. The van der Waals surface area contributed by atoms with Gasteiger partial charge in [0.15, 0.2) is 6.10 Å². The van der Waals surface area contributed by atoms with Crippen molar-refractivity contribution in [3.8, 4) is 0 Å². The van der Waals surface area contributed by atoms with Gasteiger partial charge in [0.2, 0.25) is 0 Å². The number of carbonyl (C=O) groups excluding carboxylic acids is 2. The average molecular weight is 678 g/mol. The third-order valence-corrected chi connectivity index (χ3v) is 9.21. The normalized spacial score (nSPS) is 13.4. The molecule has 0 spiro atoms. The summed E-state index contributed by atoms with van der Waals surface area (Å²) in [5.41, 5.74) is 5.45. The summed E-state index contributed by atoms with van der Waals surface area (Å²) in [4.78, 5) is 34.9. The van der Waals surface area contributed by atoms with E-state index in [-0.39, 0.29) is 25.6 Å². The third kappa shape index (κ3) is 32.9. The van der Waals surface area contributed by atoms with Gasteiger partial charge in [-0.15, -0.1) is 0 Å². The third-order valence-electron chi connectivity index (χ3n) is 8.22. The van der Waals surface area contributed by atoms with Gasteiger partial charge >= 0.3 is 19.8 Å². The van der Waals surface area contributed by atoms with E-state index >= 15 is 0 Å². The molecule has 3 N–H and O–H groups in total. The zero-order valence-corrected chi connectivity index (χ0v) is 30.7. The molecular weight excluding hydrogens is 605 g/mol. The van der Waals surface area contributed by atoms with Crippen LogP contribution in [0.15, 0.2) is 0 Å². The molecule has 0 aromatic heterocycles. The van der Waals surface area contributed by atoms with Crippen LogP contribution in [0.3, 0.4) is 0 Å². The fourth-order valence-electron chi connectivity index (χ4n) is 5.30. The van der Waals surface area contributed by atoms with Crippen molar-refractivity contribution in [2.24, 2.45) is 5.73 Å². The highest BCUT2D eigenvalue weighted by Gasteiger charge is 2.26. The predicted molar refractivity (Wildman–Crippen MR) is 188 cm³/mol. The summed E-state index contributed by atoms with van der Waals surface area (Å²) in [5, 5.41) is 0. The second-order valence-corrected chi connectivity index (χ2v) is 14.3. The van der Waals surface area contributed by atoms with Crippen molar-refractivity contribution in [3.05, 3.63) is 0 Å². The summed E-state index contributed by atoms with van der Waals surface area (Å²) in [5.74, 6) is -0.804. The minimum atomic E-state index is -4.34. The fourth-order valence-corrected chi connectivity index (χ4v) is 6.09. The minimum absolute atomic E-state index is 0.0301.